The summed E-state index contributed by atoms with van der Waals surface area (Å²) >= 11 is 0. The van der Waals surface area contributed by atoms with Gasteiger partial charge >= 0.3 is 5.97 Å². The Balaban J connectivity index is 0.965. The van der Waals surface area contributed by atoms with Crippen molar-refractivity contribution in [3.8, 4) is 0 Å². The van der Waals surface area contributed by atoms with Gasteiger partial charge in [-0.3, -0.25) is 4.79 Å². The Morgan fingerprint density at radius 3 is 1.51 bits per heavy atom. The van der Waals surface area contributed by atoms with E-state index in [1.807, 2.05) is 0 Å². The molecule has 0 radical (unpaired) electrons. The summed E-state index contributed by atoms with van der Waals surface area (Å²) in [5.74, 6) is -0.600. The fourth-order valence-corrected chi connectivity index (χ4v) is 16.5. The van der Waals surface area contributed by atoms with Crippen molar-refractivity contribution >= 4 is 5.97 Å². The van der Waals surface area contributed by atoms with Crippen LogP contribution in [0.2, 0.25) is 0 Å². The van der Waals surface area contributed by atoms with Crippen molar-refractivity contribution in [3.05, 3.63) is 11.6 Å². The molecule has 28 atom stereocenters. The third-order valence-electron chi connectivity index (χ3n) is 21.4. The Kier molecular flexibility index (Phi) is 17.0. The molecule has 0 spiro atoms. The van der Waals surface area contributed by atoms with Crippen LogP contribution in [0, 0.1) is 50.2 Å². The van der Waals surface area contributed by atoms with Crippen LogP contribution in [0.25, 0.3) is 0 Å². The predicted octanol–water partition coefficient (Wildman–Crippen LogP) is -2.04. The van der Waals surface area contributed by atoms with Crippen LogP contribution in [-0.2, 0) is 42.7 Å². The van der Waals surface area contributed by atoms with Gasteiger partial charge < -0.3 is 109 Å². The highest BCUT2D eigenvalue weighted by molar-refractivity contribution is 5.79. The van der Waals surface area contributed by atoms with Gasteiger partial charge in [-0.2, -0.15) is 0 Å². The minimum absolute atomic E-state index is 0.0967. The van der Waals surface area contributed by atoms with Crippen molar-refractivity contribution in [2.24, 2.45) is 50.2 Å². The number of fused-ring (bicyclic) bond motifs is 7. The maximum absolute atomic E-state index is 15.3. The molecule has 14 N–H and O–H groups in total. The van der Waals surface area contributed by atoms with Gasteiger partial charge in [0, 0.05) is 0 Å². The van der Waals surface area contributed by atoms with Gasteiger partial charge in [-0.15, -0.1) is 0 Å². The number of hydrogen-bond acceptors (Lipinski definition) is 23. The maximum Gasteiger partial charge on any atom is 0.315 e. The molecule has 4 saturated heterocycles. The molecule has 9 rings (SSSR count). The molecular formula is C54H88O23. The van der Waals surface area contributed by atoms with Gasteiger partial charge in [0.1, 0.15) is 91.6 Å². The topological polar surface area (TPSA) is 374 Å². The largest absolute Gasteiger partial charge is 0.432 e. The number of esters is 1. The van der Waals surface area contributed by atoms with E-state index in [4.69, 9.17) is 37.9 Å². The smallest absolute Gasteiger partial charge is 0.315 e. The second kappa shape index (κ2) is 21.8. The van der Waals surface area contributed by atoms with E-state index in [1.54, 1.807) is 0 Å². The molecule has 0 aromatic carbocycles. The Bertz CT molecular complexity index is 2110. The zero-order valence-corrected chi connectivity index (χ0v) is 45.3. The van der Waals surface area contributed by atoms with Crippen molar-refractivity contribution < 1.29 is 114 Å². The number of rotatable bonds is 12. The quantitative estimate of drug-likeness (QED) is 0.0569. The van der Waals surface area contributed by atoms with Gasteiger partial charge in [0.15, 0.2) is 25.0 Å². The molecule has 0 unspecified atom stereocenters. The van der Waals surface area contributed by atoms with E-state index in [1.165, 1.54) is 5.57 Å². The van der Waals surface area contributed by atoms with Gasteiger partial charge in [0.2, 0.25) is 6.29 Å². The highest BCUT2D eigenvalue weighted by Gasteiger charge is 2.70. The molecule has 0 bridgehead atoms. The molecular weight excluding hydrogens is 1020 g/mol. The van der Waals surface area contributed by atoms with E-state index in [0.717, 1.165) is 25.7 Å². The minimum Gasteiger partial charge on any atom is -0.432 e. The van der Waals surface area contributed by atoms with Crippen LogP contribution in [0.4, 0.5) is 0 Å². The average Bonchev–Trinajstić information content (AvgIpc) is 3.53. The molecule has 23 nitrogen and oxygen atoms in total. The van der Waals surface area contributed by atoms with Crippen molar-refractivity contribution in [1.82, 2.24) is 0 Å². The zero-order valence-electron chi connectivity index (χ0n) is 45.3. The molecule has 5 aliphatic carbocycles. The molecule has 442 valence electrons. The second-order valence-electron chi connectivity index (χ2n) is 26.3. The summed E-state index contributed by atoms with van der Waals surface area (Å²) in [6.45, 7) is 12.9. The highest BCUT2D eigenvalue weighted by atomic mass is 16.8. The van der Waals surface area contributed by atoms with Crippen LogP contribution in [0.1, 0.15) is 113 Å². The van der Waals surface area contributed by atoms with Crippen LogP contribution in [-0.4, -0.2) is 233 Å². The fourth-order valence-electron chi connectivity index (χ4n) is 16.5. The van der Waals surface area contributed by atoms with Gasteiger partial charge in [0.25, 0.3) is 0 Å². The molecule has 0 aromatic heterocycles. The Labute approximate surface area is 449 Å². The van der Waals surface area contributed by atoms with Crippen LogP contribution < -0.4 is 0 Å². The molecule has 4 aliphatic heterocycles. The van der Waals surface area contributed by atoms with Crippen molar-refractivity contribution in [1.29, 1.82) is 0 Å². The summed E-state index contributed by atoms with van der Waals surface area (Å²) < 4.78 is 48.4. The number of carbonyl (C=O) groups excluding carboxylic acids is 1. The third kappa shape index (κ3) is 9.80. The van der Waals surface area contributed by atoms with E-state index < -0.39 is 172 Å². The number of aliphatic hydroxyl groups excluding tert-OH is 14. The summed E-state index contributed by atoms with van der Waals surface area (Å²) in [6.07, 6.45) is -24.3. The van der Waals surface area contributed by atoms with Crippen molar-refractivity contribution in [3.63, 3.8) is 0 Å². The summed E-state index contributed by atoms with van der Waals surface area (Å²) in [5, 5.41) is 149. The zero-order chi connectivity index (χ0) is 56.3. The fraction of sp³-hybridized carbons (Fsp3) is 0.944. The maximum atomic E-state index is 15.3. The SMILES string of the molecule is CC1(C)CC[C@]2(C(=O)O[C@@H]3O[C@H](CO)[C@@H](O)[C@H](O)[C@H]3O[C@@H]3O[C@H](CO)[C@@H](O)[C@H](O)[C@H]3O)CC[C@]3(C)C(=CC[C@@H]4[C@@]5(C)CC[C@H](O[C@@H]6O[C@H](CO)[C@@H](O)[C@H](O)[C@H]6O[C@@H]6O[C@H](CO)[C@@H](O)[C@H](O)[C@H]6O)C(C)(C)[C@@H]5CC[C@]43C)[C@@H]2C1. The lowest BCUT2D eigenvalue weighted by Gasteiger charge is -2.71. The van der Waals surface area contributed by atoms with Crippen LogP contribution in [0.5, 0.6) is 0 Å². The first kappa shape index (κ1) is 60.0. The number of ether oxygens (including phenoxy) is 8. The molecule has 0 amide bonds. The molecule has 8 fully saturated rings. The number of aliphatic hydroxyl groups is 14. The summed E-state index contributed by atoms with van der Waals surface area (Å²) in [6, 6.07) is 0. The molecule has 4 heterocycles. The molecule has 4 saturated carbocycles. The van der Waals surface area contributed by atoms with Crippen LogP contribution in [0.3, 0.4) is 0 Å². The number of carbonyl (C=O) groups is 1. The first-order valence-electron chi connectivity index (χ1n) is 27.8. The Hall–Kier alpha value is -1.63. The van der Waals surface area contributed by atoms with Crippen molar-refractivity contribution in [2.75, 3.05) is 26.4 Å². The molecule has 23 heteroatoms. The van der Waals surface area contributed by atoms with Crippen LogP contribution in [0.15, 0.2) is 11.6 Å². The van der Waals surface area contributed by atoms with Gasteiger partial charge in [-0.1, -0.05) is 60.1 Å². The summed E-state index contributed by atoms with van der Waals surface area (Å²) in [5.41, 5.74) is -1.40. The third-order valence-corrected chi connectivity index (χ3v) is 21.4. The standard InChI is InChI=1S/C54H88O23/c1-49(2)14-16-54(48(69)77-47-43(39(66)35(62)28(22-58)73-47)76-45-41(68)37(64)33(60)26(20-56)71-45)17-15-52(6)23(24(54)18-49)8-9-30-51(5)12-11-31(50(3,4)29(51)10-13-53(30,52)7)74-46-42(38(65)34(61)27(21-57)72-46)75-44-40(67)36(63)32(59)25(19-55)70-44/h8,24-47,55-68H,9-22H2,1-7H3/t24-,25+,26+,27+,28+,29-,30+,31-,32+,33+,34+,35+,36-,37-,38-,39-,40+,41+,42+,43+,44-,45-,46-,47-,51-,52+,53+,54-/m0/s1. The Morgan fingerprint density at radius 1 is 0.519 bits per heavy atom. The lowest BCUT2D eigenvalue weighted by molar-refractivity contribution is -0.378. The molecule has 0 aromatic rings. The summed E-state index contributed by atoms with van der Waals surface area (Å²) in [7, 11) is 0. The molecule has 77 heavy (non-hydrogen) atoms. The monoisotopic (exact) mass is 1100 g/mol. The first-order chi connectivity index (χ1) is 36.1. The molecule has 9 aliphatic rings. The normalized spacial score (nSPS) is 53.4. The predicted molar refractivity (Wildman–Crippen MR) is 263 cm³/mol. The van der Waals surface area contributed by atoms with Gasteiger partial charge in [0.05, 0.1) is 37.9 Å². The number of hydrogen-bond donors (Lipinski definition) is 14. The minimum atomic E-state index is -1.88. The number of allylic oxidation sites excluding steroid dienone is 2. The van der Waals surface area contributed by atoms with Gasteiger partial charge in [-0.05, 0) is 109 Å². The van der Waals surface area contributed by atoms with E-state index in [9.17, 15) is 71.5 Å². The Morgan fingerprint density at radius 2 is 0.987 bits per heavy atom. The van der Waals surface area contributed by atoms with Crippen molar-refractivity contribution in [2.45, 2.75) is 242 Å². The van der Waals surface area contributed by atoms with E-state index in [0.29, 0.717) is 38.5 Å². The lowest BCUT2D eigenvalue weighted by Crippen LogP contribution is -2.67. The van der Waals surface area contributed by atoms with E-state index in [-0.39, 0.29) is 39.4 Å². The summed E-state index contributed by atoms with van der Waals surface area (Å²) in [4.78, 5) is 15.3. The van der Waals surface area contributed by atoms with E-state index >= 15 is 4.79 Å². The first-order valence-corrected chi connectivity index (χ1v) is 27.8. The second-order valence-corrected chi connectivity index (χ2v) is 26.3. The van der Waals surface area contributed by atoms with E-state index in [2.05, 4.69) is 54.5 Å². The lowest BCUT2D eigenvalue weighted by atomic mass is 9.33. The van der Waals surface area contributed by atoms with Gasteiger partial charge in [-0.25, -0.2) is 0 Å². The highest BCUT2D eigenvalue weighted by Crippen LogP contribution is 2.76. The average molecular weight is 1110 g/mol. The van der Waals surface area contributed by atoms with Crippen LogP contribution >= 0.6 is 0 Å².